The van der Waals surface area contributed by atoms with Gasteiger partial charge in [-0.05, 0) is 0 Å². The maximum absolute atomic E-state index is 4.93. The summed E-state index contributed by atoms with van der Waals surface area (Å²) in [5.74, 6) is 0. The monoisotopic (exact) mass is 133 g/mol. The van der Waals surface area contributed by atoms with Gasteiger partial charge in [-0.25, -0.2) is 0 Å². The molecule has 0 aliphatic heterocycles. The summed E-state index contributed by atoms with van der Waals surface area (Å²) < 4.78 is 14.5. The molecule has 0 saturated heterocycles. The summed E-state index contributed by atoms with van der Waals surface area (Å²) in [7, 11) is 4.82. The Morgan fingerprint density at radius 2 is 2.00 bits per heavy atom. The number of hydrogen-bond donors (Lipinski definition) is 0. The molecule has 0 heterocycles. The molecule has 55 valence electrons. The largest absolute Gasteiger partial charge is 0.382 e. The lowest BCUT2D eigenvalue weighted by molar-refractivity contribution is 0.0135. The number of rotatable bonds is 5. The van der Waals surface area contributed by atoms with Crippen LogP contribution in [0.2, 0.25) is 0 Å². The second-order valence-corrected chi connectivity index (χ2v) is 1.60. The van der Waals surface area contributed by atoms with Gasteiger partial charge in [0.05, 0.1) is 6.61 Å². The molecular formula is C6H13O3. The van der Waals surface area contributed by atoms with E-state index in [0.717, 1.165) is 0 Å². The fourth-order valence-electron chi connectivity index (χ4n) is 0.479. The molecule has 0 rings (SSSR count). The quantitative estimate of drug-likeness (QED) is 0.545. The van der Waals surface area contributed by atoms with Crippen molar-refractivity contribution in [2.75, 3.05) is 27.9 Å². The van der Waals surface area contributed by atoms with Gasteiger partial charge < -0.3 is 14.2 Å². The molecule has 9 heavy (non-hydrogen) atoms. The number of hydrogen-bond acceptors (Lipinski definition) is 3. The first-order valence-corrected chi connectivity index (χ1v) is 2.73. The van der Waals surface area contributed by atoms with Crippen molar-refractivity contribution >= 4 is 0 Å². The van der Waals surface area contributed by atoms with Crippen LogP contribution in [-0.4, -0.2) is 34.0 Å². The first-order chi connectivity index (χ1) is 4.35. The third kappa shape index (κ3) is 4.39. The molecule has 0 aromatic rings. The number of methoxy groups -OCH3 is 3. The van der Waals surface area contributed by atoms with Crippen LogP contribution in [0.25, 0.3) is 0 Å². The van der Waals surface area contributed by atoms with Crippen LogP contribution < -0.4 is 0 Å². The fraction of sp³-hybridized carbons (Fsp3) is 0.833. The zero-order valence-electron chi connectivity index (χ0n) is 6.09. The van der Waals surface area contributed by atoms with Crippen molar-refractivity contribution in [3.63, 3.8) is 0 Å². The average molecular weight is 133 g/mol. The Kier molecular flexibility index (Phi) is 5.93. The van der Waals surface area contributed by atoms with Crippen molar-refractivity contribution < 1.29 is 14.2 Å². The van der Waals surface area contributed by atoms with Gasteiger partial charge in [0.15, 0.2) is 0 Å². The second-order valence-electron chi connectivity index (χ2n) is 1.60. The zero-order valence-corrected chi connectivity index (χ0v) is 6.09. The van der Waals surface area contributed by atoms with Crippen LogP contribution >= 0.6 is 0 Å². The predicted octanol–water partition coefficient (Wildman–Crippen LogP) is 0.456. The molecule has 0 aromatic heterocycles. The summed E-state index contributed by atoms with van der Waals surface area (Å²) in [6.07, 6.45) is -0.0556. The molecule has 0 bridgehead atoms. The van der Waals surface area contributed by atoms with Crippen LogP contribution in [0.1, 0.15) is 0 Å². The summed E-state index contributed by atoms with van der Waals surface area (Å²) in [5.41, 5.74) is 0. The van der Waals surface area contributed by atoms with E-state index in [9.17, 15) is 0 Å². The topological polar surface area (TPSA) is 27.7 Å². The fourth-order valence-corrected chi connectivity index (χ4v) is 0.479. The Bertz CT molecular complexity index is 50.3. The normalized spacial score (nSPS) is 10.7. The van der Waals surface area contributed by atoms with Crippen LogP contribution in [0.15, 0.2) is 0 Å². The van der Waals surface area contributed by atoms with E-state index in [0.29, 0.717) is 6.61 Å². The highest BCUT2D eigenvalue weighted by Crippen LogP contribution is 1.94. The Hall–Kier alpha value is -0.120. The van der Waals surface area contributed by atoms with Gasteiger partial charge in [0.1, 0.15) is 12.7 Å². The molecule has 1 radical (unpaired) electrons. The van der Waals surface area contributed by atoms with E-state index < -0.39 is 0 Å². The molecule has 0 N–H and O–H groups in total. The minimum absolute atomic E-state index is 0.0556. The van der Waals surface area contributed by atoms with Crippen molar-refractivity contribution in [1.82, 2.24) is 0 Å². The molecule has 0 fully saturated rings. The molecule has 1 atom stereocenters. The average Bonchev–Trinajstić information content (AvgIpc) is 1.88. The number of ether oxygens (including phenoxy) is 3. The van der Waals surface area contributed by atoms with Crippen LogP contribution in [0.5, 0.6) is 0 Å². The highest BCUT2D eigenvalue weighted by molar-refractivity contribution is 4.64. The minimum atomic E-state index is -0.0556. The van der Waals surface area contributed by atoms with Crippen molar-refractivity contribution in [2.24, 2.45) is 0 Å². The van der Waals surface area contributed by atoms with Crippen molar-refractivity contribution in [2.45, 2.75) is 6.10 Å². The summed E-state index contributed by atoms with van der Waals surface area (Å²) in [6, 6.07) is 0. The second kappa shape index (κ2) is 6.01. The van der Waals surface area contributed by atoms with Gasteiger partial charge in [0.25, 0.3) is 0 Å². The van der Waals surface area contributed by atoms with Crippen LogP contribution in [0.3, 0.4) is 0 Å². The van der Waals surface area contributed by atoms with Crippen LogP contribution in [0.4, 0.5) is 0 Å². The van der Waals surface area contributed by atoms with E-state index in [4.69, 9.17) is 14.2 Å². The Labute approximate surface area is 55.9 Å². The van der Waals surface area contributed by atoms with E-state index in [1.54, 1.807) is 27.9 Å². The SMILES string of the molecule is CO[CH]C(COC)OC. The zero-order chi connectivity index (χ0) is 7.11. The maximum Gasteiger partial charge on any atom is 0.114 e. The first-order valence-electron chi connectivity index (χ1n) is 2.73. The lowest BCUT2D eigenvalue weighted by Gasteiger charge is -2.10. The molecular weight excluding hydrogens is 120 g/mol. The Morgan fingerprint density at radius 1 is 1.33 bits per heavy atom. The van der Waals surface area contributed by atoms with Crippen LogP contribution in [0, 0.1) is 6.61 Å². The molecule has 3 heteroatoms. The van der Waals surface area contributed by atoms with Gasteiger partial charge in [-0.15, -0.1) is 0 Å². The summed E-state index contributed by atoms with van der Waals surface area (Å²) in [5, 5.41) is 0. The summed E-state index contributed by atoms with van der Waals surface area (Å²) in [6.45, 7) is 2.12. The van der Waals surface area contributed by atoms with Crippen molar-refractivity contribution in [3.05, 3.63) is 6.61 Å². The lowest BCUT2D eigenvalue weighted by Crippen LogP contribution is -2.18. The van der Waals surface area contributed by atoms with Gasteiger partial charge in [-0.3, -0.25) is 0 Å². The third-order valence-corrected chi connectivity index (χ3v) is 0.922. The Morgan fingerprint density at radius 3 is 2.33 bits per heavy atom. The van der Waals surface area contributed by atoms with E-state index in [1.807, 2.05) is 0 Å². The molecule has 0 amide bonds. The molecule has 3 nitrogen and oxygen atoms in total. The standard InChI is InChI=1S/C6H13O3/c1-7-4-6(9-3)5-8-2/h4,6H,5H2,1-3H3. The van der Waals surface area contributed by atoms with Gasteiger partial charge in [-0.2, -0.15) is 0 Å². The van der Waals surface area contributed by atoms with Crippen molar-refractivity contribution in [1.29, 1.82) is 0 Å². The lowest BCUT2D eigenvalue weighted by atomic mass is 10.4. The summed E-state index contributed by atoms with van der Waals surface area (Å²) in [4.78, 5) is 0. The van der Waals surface area contributed by atoms with Gasteiger partial charge >= 0.3 is 0 Å². The maximum atomic E-state index is 4.93. The van der Waals surface area contributed by atoms with E-state index in [-0.39, 0.29) is 6.10 Å². The predicted molar refractivity (Wildman–Crippen MR) is 34.0 cm³/mol. The first kappa shape index (κ1) is 8.88. The van der Waals surface area contributed by atoms with E-state index in [2.05, 4.69) is 0 Å². The van der Waals surface area contributed by atoms with Crippen molar-refractivity contribution in [3.8, 4) is 0 Å². The smallest absolute Gasteiger partial charge is 0.114 e. The highest BCUT2D eigenvalue weighted by Gasteiger charge is 2.04. The minimum Gasteiger partial charge on any atom is -0.382 e. The van der Waals surface area contributed by atoms with Crippen LogP contribution in [-0.2, 0) is 14.2 Å². The van der Waals surface area contributed by atoms with Gasteiger partial charge in [0.2, 0.25) is 0 Å². The Balaban J connectivity index is 3.18. The van der Waals surface area contributed by atoms with Gasteiger partial charge in [0, 0.05) is 21.3 Å². The molecule has 0 aliphatic rings. The highest BCUT2D eigenvalue weighted by atomic mass is 16.5. The van der Waals surface area contributed by atoms with Gasteiger partial charge in [-0.1, -0.05) is 0 Å². The molecule has 0 saturated carbocycles. The third-order valence-electron chi connectivity index (χ3n) is 0.922. The molecule has 0 aromatic carbocycles. The molecule has 0 aliphatic carbocycles. The molecule has 1 unspecified atom stereocenters. The van der Waals surface area contributed by atoms with E-state index >= 15 is 0 Å². The van der Waals surface area contributed by atoms with E-state index in [1.165, 1.54) is 0 Å². The summed E-state index contributed by atoms with van der Waals surface area (Å²) >= 11 is 0. The molecule has 0 spiro atoms.